The number of fused-ring (bicyclic) bond motifs is 1. The van der Waals surface area contributed by atoms with Gasteiger partial charge in [-0.25, -0.2) is 4.39 Å². The van der Waals surface area contributed by atoms with E-state index >= 15 is 0 Å². The van der Waals surface area contributed by atoms with E-state index in [1.54, 1.807) is 12.1 Å². The Hall–Kier alpha value is -3.60. The van der Waals surface area contributed by atoms with Crippen LogP contribution in [-0.2, 0) is 6.61 Å². The van der Waals surface area contributed by atoms with Gasteiger partial charge in [-0.2, -0.15) is 0 Å². The molecule has 0 radical (unpaired) electrons. The minimum absolute atomic E-state index is 0.149. The van der Waals surface area contributed by atoms with E-state index in [9.17, 15) is 9.18 Å². The van der Waals surface area contributed by atoms with Crippen molar-refractivity contribution in [2.24, 2.45) is 0 Å². The van der Waals surface area contributed by atoms with E-state index in [0.29, 0.717) is 22.6 Å². The van der Waals surface area contributed by atoms with Crippen LogP contribution >= 0.6 is 0 Å². The zero-order valence-corrected chi connectivity index (χ0v) is 14.3. The van der Waals surface area contributed by atoms with E-state index < -0.39 is 11.7 Å². The summed E-state index contributed by atoms with van der Waals surface area (Å²) in [5.74, 6) is -0.0378. The van der Waals surface area contributed by atoms with E-state index in [2.05, 4.69) is 5.32 Å². The molecule has 0 aliphatic rings. The summed E-state index contributed by atoms with van der Waals surface area (Å²) in [6.07, 6.45) is 0. The first kappa shape index (κ1) is 16.8. The van der Waals surface area contributed by atoms with Gasteiger partial charge >= 0.3 is 0 Å². The Kier molecular flexibility index (Phi) is 4.58. The van der Waals surface area contributed by atoms with Crippen molar-refractivity contribution in [2.45, 2.75) is 6.61 Å². The number of para-hydroxylation sites is 2. The van der Waals surface area contributed by atoms with Crippen LogP contribution in [0.3, 0.4) is 0 Å². The highest BCUT2D eigenvalue weighted by Crippen LogP contribution is 2.28. The highest BCUT2D eigenvalue weighted by molar-refractivity contribution is 6.06. The standard InChI is InChI=1S/C22H16FNO3/c23-15-7-6-8-16(13-15)24-22(25)21-19(14-26-17-9-2-1-3-10-17)18-11-4-5-12-20(18)27-21/h1-13H,14H2,(H,24,25). The molecule has 0 aliphatic carbocycles. The maximum Gasteiger partial charge on any atom is 0.291 e. The van der Waals surface area contributed by atoms with Gasteiger partial charge in [-0.3, -0.25) is 4.79 Å². The van der Waals surface area contributed by atoms with Gasteiger partial charge < -0.3 is 14.5 Å². The fourth-order valence-electron chi connectivity index (χ4n) is 2.85. The third-order valence-electron chi connectivity index (χ3n) is 4.11. The van der Waals surface area contributed by atoms with E-state index in [1.165, 1.54) is 18.2 Å². The Labute approximate surface area is 155 Å². The Morgan fingerprint density at radius 3 is 2.56 bits per heavy atom. The Bertz CT molecular complexity index is 1090. The molecule has 5 heteroatoms. The van der Waals surface area contributed by atoms with Crippen LogP contribution in [0.4, 0.5) is 10.1 Å². The first-order chi connectivity index (χ1) is 13.2. The van der Waals surface area contributed by atoms with Crippen molar-refractivity contribution in [1.82, 2.24) is 0 Å². The van der Waals surface area contributed by atoms with E-state index in [0.717, 1.165) is 5.39 Å². The molecule has 0 atom stereocenters. The van der Waals surface area contributed by atoms with Crippen LogP contribution in [0.2, 0.25) is 0 Å². The lowest BCUT2D eigenvalue weighted by atomic mass is 10.1. The maximum absolute atomic E-state index is 13.4. The number of anilines is 1. The van der Waals surface area contributed by atoms with Gasteiger partial charge in [-0.1, -0.05) is 42.5 Å². The van der Waals surface area contributed by atoms with Crippen LogP contribution < -0.4 is 10.1 Å². The van der Waals surface area contributed by atoms with Crippen molar-refractivity contribution >= 4 is 22.6 Å². The molecule has 4 rings (SSSR count). The number of carbonyl (C=O) groups is 1. The number of carbonyl (C=O) groups excluding carboxylic acids is 1. The molecule has 0 aliphatic heterocycles. The van der Waals surface area contributed by atoms with Crippen molar-refractivity contribution in [2.75, 3.05) is 5.32 Å². The summed E-state index contributed by atoms with van der Waals surface area (Å²) in [5.41, 5.74) is 1.59. The lowest BCUT2D eigenvalue weighted by Crippen LogP contribution is -2.14. The molecule has 134 valence electrons. The van der Waals surface area contributed by atoms with Crippen molar-refractivity contribution in [3.05, 3.63) is 96.0 Å². The summed E-state index contributed by atoms with van der Waals surface area (Å²) in [4.78, 5) is 12.7. The van der Waals surface area contributed by atoms with Gasteiger partial charge in [0.1, 0.15) is 23.8 Å². The average molecular weight is 361 g/mol. The number of nitrogens with one attached hydrogen (secondary N) is 1. The quantitative estimate of drug-likeness (QED) is 0.517. The molecule has 1 heterocycles. The number of hydrogen-bond donors (Lipinski definition) is 1. The third-order valence-corrected chi connectivity index (χ3v) is 4.11. The molecule has 0 fully saturated rings. The Morgan fingerprint density at radius 1 is 0.963 bits per heavy atom. The van der Waals surface area contributed by atoms with Gasteiger partial charge in [0.15, 0.2) is 5.76 Å². The molecule has 0 bridgehead atoms. The summed E-state index contributed by atoms with van der Waals surface area (Å²) >= 11 is 0. The molecule has 3 aromatic carbocycles. The minimum atomic E-state index is -0.455. The average Bonchev–Trinajstić information content (AvgIpc) is 3.06. The zero-order valence-electron chi connectivity index (χ0n) is 14.3. The first-order valence-corrected chi connectivity index (χ1v) is 8.46. The maximum atomic E-state index is 13.4. The number of halogens is 1. The second-order valence-electron chi connectivity index (χ2n) is 5.97. The molecule has 0 saturated carbocycles. The van der Waals surface area contributed by atoms with Gasteiger partial charge in [0.2, 0.25) is 0 Å². The molecule has 0 saturated heterocycles. The highest BCUT2D eigenvalue weighted by Gasteiger charge is 2.21. The third kappa shape index (κ3) is 3.67. The van der Waals surface area contributed by atoms with E-state index in [-0.39, 0.29) is 12.4 Å². The van der Waals surface area contributed by atoms with Crippen molar-refractivity contribution in [3.63, 3.8) is 0 Å². The fraction of sp³-hybridized carbons (Fsp3) is 0.0455. The van der Waals surface area contributed by atoms with Crippen LogP contribution in [0, 0.1) is 5.82 Å². The lowest BCUT2D eigenvalue weighted by molar-refractivity contribution is 0.0995. The molecule has 4 aromatic rings. The summed E-state index contributed by atoms with van der Waals surface area (Å²) in [6, 6.07) is 22.4. The van der Waals surface area contributed by atoms with E-state index in [4.69, 9.17) is 9.15 Å². The predicted octanol–water partition coefficient (Wildman–Crippen LogP) is 5.40. The molecular weight excluding hydrogens is 345 g/mol. The second-order valence-corrected chi connectivity index (χ2v) is 5.97. The number of furan rings is 1. The van der Waals surface area contributed by atoms with Crippen LogP contribution in [0.1, 0.15) is 16.1 Å². The highest BCUT2D eigenvalue weighted by atomic mass is 19.1. The topological polar surface area (TPSA) is 51.5 Å². The largest absolute Gasteiger partial charge is 0.489 e. The summed E-state index contributed by atoms with van der Waals surface area (Å²) < 4.78 is 25.0. The van der Waals surface area contributed by atoms with Crippen molar-refractivity contribution in [1.29, 1.82) is 0 Å². The summed E-state index contributed by atoms with van der Waals surface area (Å²) in [5, 5.41) is 3.47. The monoisotopic (exact) mass is 361 g/mol. The fourth-order valence-corrected chi connectivity index (χ4v) is 2.85. The molecule has 1 N–H and O–H groups in total. The minimum Gasteiger partial charge on any atom is -0.489 e. The van der Waals surface area contributed by atoms with Crippen LogP contribution in [0.5, 0.6) is 5.75 Å². The molecule has 0 unspecified atom stereocenters. The molecule has 1 aromatic heterocycles. The van der Waals surface area contributed by atoms with Gasteiger partial charge in [0.25, 0.3) is 5.91 Å². The SMILES string of the molecule is O=C(Nc1cccc(F)c1)c1oc2ccccc2c1COc1ccccc1. The molecule has 1 amide bonds. The summed E-state index contributed by atoms with van der Waals surface area (Å²) in [6.45, 7) is 0.174. The van der Waals surface area contributed by atoms with E-state index in [1.807, 2.05) is 48.5 Å². The van der Waals surface area contributed by atoms with Crippen molar-refractivity contribution < 1.29 is 18.3 Å². The van der Waals surface area contributed by atoms with Crippen molar-refractivity contribution in [3.8, 4) is 5.75 Å². The Balaban J connectivity index is 1.65. The number of amides is 1. The molecule has 27 heavy (non-hydrogen) atoms. The van der Waals surface area contributed by atoms with Crippen LogP contribution in [0.25, 0.3) is 11.0 Å². The van der Waals surface area contributed by atoms with Gasteiger partial charge in [-0.05, 0) is 36.4 Å². The lowest BCUT2D eigenvalue weighted by Gasteiger charge is -2.08. The molecule has 4 nitrogen and oxygen atoms in total. The predicted molar refractivity (Wildman–Crippen MR) is 101 cm³/mol. The number of hydrogen-bond acceptors (Lipinski definition) is 3. The second kappa shape index (κ2) is 7.33. The smallest absolute Gasteiger partial charge is 0.291 e. The Morgan fingerprint density at radius 2 is 1.74 bits per heavy atom. The summed E-state index contributed by atoms with van der Waals surface area (Å²) in [7, 11) is 0. The van der Waals surface area contributed by atoms with Gasteiger partial charge in [0.05, 0.1) is 0 Å². The number of rotatable bonds is 5. The van der Waals surface area contributed by atoms with Gasteiger partial charge in [0, 0.05) is 16.6 Å². The molecular formula is C22H16FNO3. The zero-order chi connectivity index (χ0) is 18.6. The first-order valence-electron chi connectivity index (χ1n) is 8.46. The normalized spacial score (nSPS) is 10.7. The molecule has 0 spiro atoms. The number of ether oxygens (including phenoxy) is 1. The van der Waals surface area contributed by atoms with Crippen LogP contribution in [-0.4, -0.2) is 5.91 Å². The number of benzene rings is 3. The van der Waals surface area contributed by atoms with Gasteiger partial charge in [-0.15, -0.1) is 0 Å². The van der Waals surface area contributed by atoms with Crippen LogP contribution in [0.15, 0.2) is 83.3 Å².